The maximum atomic E-state index is 5.48. The molecule has 90 valence electrons. The Labute approximate surface area is 105 Å². The van der Waals surface area contributed by atoms with Crippen LogP contribution in [0.25, 0.3) is 0 Å². The van der Waals surface area contributed by atoms with E-state index in [4.69, 9.17) is 9.47 Å². The Balaban J connectivity index is 2.07. The van der Waals surface area contributed by atoms with E-state index >= 15 is 0 Å². The summed E-state index contributed by atoms with van der Waals surface area (Å²) in [7, 11) is 0. The van der Waals surface area contributed by atoms with Crippen molar-refractivity contribution in [2.45, 2.75) is 20.3 Å². The van der Waals surface area contributed by atoms with Crippen molar-refractivity contribution in [3.63, 3.8) is 0 Å². The Hall–Kier alpha value is -0.610. The number of hydrogen-bond acceptors (Lipinski definition) is 3. The minimum atomic E-state index is 0.566. The molecular weight excluding hydrogens is 270 g/mol. The fourth-order valence-electron chi connectivity index (χ4n) is 1.11. The number of rotatable bonds is 7. The molecule has 0 bridgehead atoms. The molecule has 0 saturated heterocycles. The summed E-state index contributed by atoms with van der Waals surface area (Å²) in [5.41, 5.74) is 0. The summed E-state index contributed by atoms with van der Waals surface area (Å²) in [5, 5.41) is 0. The molecule has 1 heterocycles. The number of aromatic nitrogens is 1. The van der Waals surface area contributed by atoms with E-state index in [-0.39, 0.29) is 0 Å². The van der Waals surface area contributed by atoms with Crippen LogP contribution in [-0.2, 0) is 4.74 Å². The lowest BCUT2D eigenvalue weighted by Crippen LogP contribution is -2.08. The molecule has 1 aromatic heterocycles. The van der Waals surface area contributed by atoms with Crippen LogP contribution >= 0.6 is 15.9 Å². The van der Waals surface area contributed by atoms with Gasteiger partial charge in [-0.1, -0.05) is 13.8 Å². The first-order chi connectivity index (χ1) is 7.68. The molecule has 0 aromatic carbocycles. The van der Waals surface area contributed by atoms with Crippen LogP contribution in [0.15, 0.2) is 22.9 Å². The standard InChI is InChI=1S/C12H18BrNO2/c1-10(2)3-4-15-5-6-16-12-7-11(13)8-14-9-12/h7-10H,3-6H2,1-2H3. The van der Waals surface area contributed by atoms with Gasteiger partial charge in [0.1, 0.15) is 12.4 Å². The fraction of sp³-hybridized carbons (Fsp3) is 0.583. The summed E-state index contributed by atoms with van der Waals surface area (Å²) in [5.74, 6) is 1.46. The van der Waals surface area contributed by atoms with E-state index in [1.807, 2.05) is 6.07 Å². The van der Waals surface area contributed by atoms with Gasteiger partial charge in [0.25, 0.3) is 0 Å². The summed E-state index contributed by atoms with van der Waals surface area (Å²) in [6, 6.07) is 1.89. The van der Waals surface area contributed by atoms with Crippen molar-refractivity contribution in [3.05, 3.63) is 22.9 Å². The maximum Gasteiger partial charge on any atom is 0.138 e. The predicted molar refractivity (Wildman–Crippen MR) is 67.7 cm³/mol. The first-order valence-electron chi connectivity index (χ1n) is 5.49. The summed E-state index contributed by atoms with van der Waals surface area (Å²) in [4.78, 5) is 4.01. The molecule has 3 nitrogen and oxygen atoms in total. The topological polar surface area (TPSA) is 31.4 Å². The largest absolute Gasteiger partial charge is 0.490 e. The van der Waals surface area contributed by atoms with Gasteiger partial charge in [-0.15, -0.1) is 0 Å². The third kappa shape index (κ3) is 6.08. The quantitative estimate of drug-likeness (QED) is 0.721. The molecule has 0 saturated carbocycles. The zero-order valence-corrected chi connectivity index (χ0v) is 11.4. The van der Waals surface area contributed by atoms with Gasteiger partial charge in [0.05, 0.1) is 12.8 Å². The molecular formula is C12H18BrNO2. The van der Waals surface area contributed by atoms with Gasteiger partial charge in [0.2, 0.25) is 0 Å². The Morgan fingerprint density at radius 3 is 2.75 bits per heavy atom. The van der Waals surface area contributed by atoms with E-state index in [0.717, 1.165) is 23.2 Å². The lowest BCUT2D eigenvalue weighted by molar-refractivity contribution is 0.0924. The first kappa shape index (κ1) is 13.5. The molecule has 0 spiro atoms. The van der Waals surface area contributed by atoms with Crippen molar-refractivity contribution >= 4 is 15.9 Å². The third-order valence-corrected chi connectivity index (χ3v) is 2.45. The molecule has 0 atom stereocenters. The van der Waals surface area contributed by atoms with E-state index in [0.29, 0.717) is 19.1 Å². The Morgan fingerprint density at radius 1 is 1.25 bits per heavy atom. The maximum absolute atomic E-state index is 5.48. The van der Waals surface area contributed by atoms with Gasteiger partial charge in [-0.2, -0.15) is 0 Å². The smallest absolute Gasteiger partial charge is 0.138 e. The van der Waals surface area contributed by atoms with Gasteiger partial charge >= 0.3 is 0 Å². The SMILES string of the molecule is CC(C)CCOCCOc1cncc(Br)c1. The average Bonchev–Trinajstić information content (AvgIpc) is 2.23. The fourth-order valence-corrected chi connectivity index (χ4v) is 1.45. The number of hydrogen-bond donors (Lipinski definition) is 0. The second-order valence-corrected chi connectivity index (χ2v) is 4.90. The average molecular weight is 288 g/mol. The molecule has 0 amide bonds. The monoisotopic (exact) mass is 287 g/mol. The molecule has 0 N–H and O–H groups in total. The van der Waals surface area contributed by atoms with Gasteiger partial charge in [0.15, 0.2) is 0 Å². The van der Waals surface area contributed by atoms with Crippen molar-refractivity contribution in [3.8, 4) is 5.75 Å². The van der Waals surface area contributed by atoms with Crippen molar-refractivity contribution in [2.75, 3.05) is 19.8 Å². The minimum Gasteiger partial charge on any atom is -0.490 e. The Bertz CT molecular complexity index is 305. The van der Waals surface area contributed by atoms with Gasteiger partial charge in [-0.3, -0.25) is 4.98 Å². The van der Waals surface area contributed by atoms with Crippen molar-refractivity contribution < 1.29 is 9.47 Å². The van der Waals surface area contributed by atoms with Crippen LogP contribution < -0.4 is 4.74 Å². The van der Waals surface area contributed by atoms with Crippen LogP contribution in [0.1, 0.15) is 20.3 Å². The molecule has 0 aliphatic heterocycles. The molecule has 0 fully saturated rings. The number of nitrogens with zero attached hydrogens (tertiary/aromatic N) is 1. The van der Waals surface area contributed by atoms with Crippen LogP contribution in [0.5, 0.6) is 5.75 Å². The highest BCUT2D eigenvalue weighted by Gasteiger charge is 1.96. The van der Waals surface area contributed by atoms with E-state index in [1.165, 1.54) is 0 Å². The Morgan fingerprint density at radius 2 is 2.06 bits per heavy atom. The van der Waals surface area contributed by atoms with Crippen LogP contribution in [0, 0.1) is 5.92 Å². The molecule has 0 unspecified atom stereocenters. The second kappa shape index (κ2) is 7.63. The predicted octanol–water partition coefficient (Wildman–Crippen LogP) is 3.29. The van der Waals surface area contributed by atoms with Gasteiger partial charge < -0.3 is 9.47 Å². The van der Waals surface area contributed by atoms with E-state index < -0.39 is 0 Å². The van der Waals surface area contributed by atoms with Crippen LogP contribution in [-0.4, -0.2) is 24.8 Å². The number of halogens is 1. The Kier molecular flexibility index (Phi) is 6.42. The third-order valence-electron chi connectivity index (χ3n) is 2.02. The van der Waals surface area contributed by atoms with Gasteiger partial charge in [0, 0.05) is 17.3 Å². The molecule has 0 aliphatic rings. The normalized spacial score (nSPS) is 10.8. The second-order valence-electron chi connectivity index (χ2n) is 3.98. The lowest BCUT2D eigenvalue weighted by Gasteiger charge is -2.08. The minimum absolute atomic E-state index is 0.566. The summed E-state index contributed by atoms with van der Waals surface area (Å²) >= 11 is 3.34. The lowest BCUT2D eigenvalue weighted by atomic mass is 10.1. The van der Waals surface area contributed by atoms with Crippen molar-refractivity contribution in [1.82, 2.24) is 4.98 Å². The van der Waals surface area contributed by atoms with Gasteiger partial charge in [-0.05, 0) is 34.3 Å². The molecule has 1 rings (SSSR count). The summed E-state index contributed by atoms with van der Waals surface area (Å²) in [6.45, 7) is 6.37. The zero-order valence-electron chi connectivity index (χ0n) is 9.78. The number of ether oxygens (including phenoxy) is 2. The molecule has 1 aromatic rings. The van der Waals surface area contributed by atoms with Gasteiger partial charge in [-0.25, -0.2) is 0 Å². The highest BCUT2D eigenvalue weighted by Crippen LogP contribution is 2.15. The van der Waals surface area contributed by atoms with E-state index in [1.54, 1.807) is 12.4 Å². The van der Waals surface area contributed by atoms with E-state index in [2.05, 4.69) is 34.8 Å². The van der Waals surface area contributed by atoms with Crippen molar-refractivity contribution in [2.24, 2.45) is 5.92 Å². The summed E-state index contributed by atoms with van der Waals surface area (Å²) < 4.78 is 11.8. The summed E-state index contributed by atoms with van der Waals surface area (Å²) in [6.07, 6.45) is 4.52. The zero-order chi connectivity index (χ0) is 11.8. The molecule has 4 heteroatoms. The highest BCUT2D eigenvalue weighted by atomic mass is 79.9. The van der Waals surface area contributed by atoms with Crippen LogP contribution in [0.3, 0.4) is 0 Å². The van der Waals surface area contributed by atoms with Crippen molar-refractivity contribution in [1.29, 1.82) is 0 Å². The van der Waals surface area contributed by atoms with E-state index in [9.17, 15) is 0 Å². The highest BCUT2D eigenvalue weighted by molar-refractivity contribution is 9.10. The first-order valence-corrected chi connectivity index (χ1v) is 6.29. The molecule has 0 radical (unpaired) electrons. The van der Waals surface area contributed by atoms with Crippen LogP contribution in [0.4, 0.5) is 0 Å². The molecule has 16 heavy (non-hydrogen) atoms. The van der Waals surface area contributed by atoms with Crippen LogP contribution in [0.2, 0.25) is 0 Å². The molecule has 0 aliphatic carbocycles. The number of pyridine rings is 1.